The van der Waals surface area contributed by atoms with Gasteiger partial charge in [0.2, 0.25) is 5.78 Å². The number of hydrogen-bond donors (Lipinski definition) is 0. The normalized spacial score (nSPS) is 12.2. The third-order valence-electron chi connectivity index (χ3n) is 5.21. The summed E-state index contributed by atoms with van der Waals surface area (Å²) in [6.07, 6.45) is -8.03. The molecule has 0 aliphatic carbocycles. The van der Waals surface area contributed by atoms with E-state index in [2.05, 4.69) is 0 Å². The number of carbonyl (C=O) groups excluding carboxylic acids is 1. The van der Waals surface area contributed by atoms with Crippen molar-refractivity contribution in [2.75, 3.05) is 7.11 Å². The van der Waals surface area contributed by atoms with Gasteiger partial charge in [-0.3, -0.25) is 4.79 Å². The van der Waals surface area contributed by atoms with Gasteiger partial charge in [-0.2, -0.15) is 26.3 Å². The molecule has 33 heavy (non-hydrogen) atoms. The predicted octanol–water partition coefficient (Wildman–Crippen LogP) is 6.88. The molecule has 0 atom stereocenters. The molecule has 0 N–H and O–H groups in total. The first-order chi connectivity index (χ1) is 15.5. The second kappa shape index (κ2) is 7.99. The molecule has 0 saturated carbocycles. The van der Waals surface area contributed by atoms with Gasteiger partial charge >= 0.3 is 12.4 Å². The van der Waals surface area contributed by atoms with E-state index in [1.54, 1.807) is 24.3 Å². The van der Waals surface area contributed by atoms with Crippen molar-refractivity contribution in [3.63, 3.8) is 0 Å². The lowest BCUT2D eigenvalue weighted by Gasteiger charge is -2.10. The Labute approximate surface area is 183 Å². The lowest BCUT2D eigenvalue weighted by molar-refractivity contribution is -0.138. The van der Waals surface area contributed by atoms with Gasteiger partial charge in [-0.15, -0.1) is 0 Å². The monoisotopic (exact) mass is 463 g/mol. The number of ether oxygens (including phenoxy) is 1. The molecule has 4 aromatic rings. The van der Waals surface area contributed by atoms with E-state index < -0.39 is 29.3 Å². The Morgan fingerprint density at radius 1 is 0.788 bits per heavy atom. The first-order valence-electron chi connectivity index (χ1n) is 9.58. The minimum atomic E-state index is -4.60. The van der Waals surface area contributed by atoms with Crippen LogP contribution in [0.5, 0.6) is 5.75 Å². The standard InChI is InChI=1S/C24H15F6NO2/c1-33-18-8-4-14(5-9-18)19-13-21(31-11-10-17(12-20(19)31)24(28,29)30)22(32)15-2-6-16(7-3-15)23(25,26)27/h2-13H,1H3. The summed E-state index contributed by atoms with van der Waals surface area (Å²) in [5.41, 5.74) is -0.777. The molecule has 0 fully saturated rings. The predicted molar refractivity (Wildman–Crippen MR) is 109 cm³/mol. The molecule has 4 rings (SSSR count). The molecule has 0 saturated heterocycles. The quantitative estimate of drug-likeness (QED) is 0.244. The van der Waals surface area contributed by atoms with Gasteiger partial charge < -0.3 is 9.14 Å². The maximum absolute atomic E-state index is 13.3. The second-order valence-corrected chi connectivity index (χ2v) is 7.24. The Morgan fingerprint density at radius 3 is 1.94 bits per heavy atom. The van der Waals surface area contributed by atoms with E-state index in [0.29, 0.717) is 16.9 Å². The summed E-state index contributed by atoms with van der Waals surface area (Å²) in [7, 11) is 1.47. The zero-order valence-electron chi connectivity index (χ0n) is 17.0. The Kier molecular flexibility index (Phi) is 5.43. The maximum atomic E-state index is 13.3. The number of aromatic nitrogens is 1. The summed E-state index contributed by atoms with van der Waals surface area (Å²) in [6.45, 7) is 0. The van der Waals surface area contributed by atoms with E-state index >= 15 is 0 Å². The van der Waals surface area contributed by atoms with Crippen LogP contribution < -0.4 is 4.74 Å². The molecular formula is C24H15F6NO2. The smallest absolute Gasteiger partial charge is 0.416 e. The van der Waals surface area contributed by atoms with Crippen molar-refractivity contribution in [3.05, 3.63) is 95.3 Å². The van der Waals surface area contributed by atoms with E-state index in [-0.39, 0.29) is 16.8 Å². The van der Waals surface area contributed by atoms with Gasteiger partial charge in [-0.25, -0.2) is 0 Å². The Morgan fingerprint density at radius 2 is 1.39 bits per heavy atom. The summed E-state index contributed by atoms with van der Waals surface area (Å²) < 4.78 is 84.9. The van der Waals surface area contributed by atoms with Gasteiger partial charge in [0.15, 0.2) is 0 Å². The highest BCUT2D eigenvalue weighted by molar-refractivity contribution is 6.10. The Balaban J connectivity index is 1.87. The number of pyridine rings is 1. The zero-order valence-corrected chi connectivity index (χ0v) is 17.0. The van der Waals surface area contributed by atoms with E-state index in [4.69, 9.17) is 4.74 Å². The molecule has 0 aliphatic heterocycles. The molecule has 2 aromatic carbocycles. The topological polar surface area (TPSA) is 30.7 Å². The molecule has 0 radical (unpaired) electrons. The van der Waals surface area contributed by atoms with Crippen LogP contribution in [0.25, 0.3) is 16.6 Å². The minimum Gasteiger partial charge on any atom is -0.497 e. The fourth-order valence-corrected chi connectivity index (χ4v) is 3.51. The molecule has 0 spiro atoms. The molecule has 2 heterocycles. The van der Waals surface area contributed by atoms with Crippen molar-refractivity contribution in [2.24, 2.45) is 0 Å². The molecule has 0 amide bonds. The van der Waals surface area contributed by atoms with Crippen molar-refractivity contribution in [2.45, 2.75) is 12.4 Å². The van der Waals surface area contributed by atoms with Crippen LogP contribution in [0.15, 0.2) is 72.9 Å². The maximum Gasteiger partial charge on any atom is 0.416 e. The minimum absolute atomic E-state index is 0.0179. The van der Waals surface area contributed by atoms with Crippen molar-refractivity contribution < 1.29 is 35.9 Å². The second-order valence-electron chi connectivity index (χ2n) is 7.24. The molecular weight excluding hydrogens is 448 g/mol. The summed E-state index contributed by atoms with van der Waals surface area (Å²) in [5.74, 6) is -0.0856. The lowest BCUT2D eigenvalue weighted by Crippen LogP contribution is -2.09. The number of benzene rings is 2. The van der Waals surface area contributed by atoms with E-state index in [0.717, 1.165) is 42.6 Å². The first kappa shape index (κ1) is 22.4. The summed E-state index contributed by atoms with van der Waals surface area (Å²) in [6, 6.07) is 13.4. The van der Waals surface area contributed by atoms with Crippen LogP contribution in [-0.2, 0) is 12.4 Å². The van der Waals surface area contributed by atoms with Crippen LogP contribution >= 0.6 is 0 Å². The van der Waals surface area contributed by atoms with Crippen molar-refractivity contribution >= 4 is 11.3 Å². The van der Waals surface area contributed by atoms with Crippen LogP contribution in [0.2, 0.25) is 0 Å². The average molecular weight is 463 g/mol. The number of halogens is 6. The number of fused-ring (bicyclic) bond motifs is 1. The largest absolute Gasteiger partial charge is 0.497 e. The van der Waals surface area contributed by atoms with Crippen molar-refractivity contribution in [1.29, 1.82) is 0 Å². The third kappa shape index (κ3) is 4.30. The van der Waals surface area contributed by atoms with Gasteiger partial charge in [0.1, 0.15) is 5.75 Å². The number of methoxy groups -OCH3 is 1. The fraction of sp³-hybridized carbons (Fsp3) is 0.125. The zero-order chi connectivity index (χ0) is 24.0. The Hall–Kier alpha value is -3.75. The number of hydrogen-bond acceptors (Lipinski definition) is 2. The highest BCUT2D eigenvalue weighted by atomic mass is 19.4. The van der Waals surface area contributed by atoms with Crippen molar-refractivity contribution in [3.8, 4) is 16.9 Å². The van der Waals surface area contributed by atoms with Gasteiger partial charge in [0.25, 0.3) is 0 Å². The molecule has 3 nitrogen and oxygen atoms in total. The lowest BCUT2D eigenvalue weighted by atomic mass is 10.0. The van der Waals surface area contributed by atoms with Crippen LogP contribution in [-0.4, -0.2) is 17.3 Å². The van der Waals surface area contributed by atoms with Gasteiger partial charge in [0, 0.05) is 17.3 Å². The van der Waals surface area contributed by atoms with Crippen LogP contribution in [0.1, 0.15) is 27.2 Å². The van der Waals surface area contributed by atoms with Crippen LogP contribution in [0.3, 0.4) is 0 Å². The van der Waals surface area contributed by atoms with Gasteiger partial charge in [-0.1, -0.05) is 24.3 Å². The number of carbonyl (C=O) groups is 1. The first-order valence-corrected chi connectivity index (χ1v) is 9.58. The van der Waals surface area contributed by atoms with Gasteiger partial charge in [-0.05, 0) is 48.0 Å². The molecule has 0 aliphatic rings. The van der Waals surface area contributed by atoms with Crippen LogP contribution in [0.4, 0.5) is 26.3 Å². The molecule has 9 heteroatoms. The molecule has 0 bridgehead atoms. The number of ketones is 1. The fourth-order valence-electron chi connectivity index (χ4n) is 3.51. The third-order valence-corrected chi connectivity index (χ3v) is 5.21. The summed E-state index contributed by atoms with van der Waals surface area (Å²) in [4.78, 5) is 13.1. The van der Waals surface area contributed by atoms with Crippen LogP contribution in [0, 0.1) is 0 Å². The van der Waals surface area contributed by atoms with Crippen molar-refractivity contribution in [1.82, 2.24) is 4.40 Å². The highest BCUT2D eigenvalue weighted by Gasteiger charge is 2.32. The molecule has 170 valence electrons. The summed E-state index contributed by atoms with van der Waals surface area (Å²) in [5, 5.41) is 0. The number of nitrogens with zero attached hydrogens (tertiary/aromatic N) is 1. The molecule has 0 unspecified atom stereocenters. The average Bonchev–Trinajstić information content (AvgIpc) is 3.16. The SMILES string of the molecule is COc1ccc(-c2cc(C(=O)c3ccc(C(F)(F)F)cc3)n3ccc(C(F)(F)F)cc23)cc1. The van der Waals surface area contributed by atoms with E-state index in [9.17, 15) is 31.1 Å². The Bertz CT molecular complexity index is 1320. The van der Waals surface area contributed by atoms with Gasteiger partial charge in [0.05, 0.1) is 29.4 Å². The number of alkyl halides is 6. The van der Waals surface area contributed by atoms with E-state index in [1.165, 1.54) is 17.6 Å². The van der Waals surface area contributed by atoms with E-state index in [1.807, 2.05) is 0 Å². The highest BCUT2D eigenvalue weighted by Crippen LogP contribution is 2.36. The molecule has 2 aromatic heterocycles. The number of rotatable bonds is 4. The summed E-state index contributed by atoms with van der Waals surface area (Å²) >= 11 is 0.